The van der Waals surface area contributed by atoms with Crippen molar-refractivity contribution < 1.29 is 4.79 Å². The third kappa shape index (κ3) is 2.79. The lowest BCUT2D eigenvalue weighted by atomic mass is 10.0. The summed E-state index contributed by atoms with van der Waals surface area (Å²) < 4.78 is 0. The number of nitrogens with one attached hydrogen (secondary N) is 2. The standard InChI is InChI=1S/C17H17N3O/c1-11(2)12-3-5-13(6-4-12)17(21)19-15-7-8-16-14(9-15)10-18-20-16/h3-11H,1-2H3,(H,18,20)(H,19,21). The maximum atomic E-state index is 12.2. The number of amides is 1. The number of H-pyrrole nitrogens is 1. The van der Waals surface area contributed by atoms with Crippen LogP contribution in [0.25, 0.3) is 10.9 Å². The molecule has 1 aromatic heterocycles. The smallest absolute Gasteiger partial charge is 0.255 e. The van der Waals surface area contributed by atoms with Crippen molar-refractivity contribution in [3.8, 4) is 0 Å². The summed E-state index contributed by atoms with van der Waals surface area (Å²) in [5, 5.41) is 10.7. The zero-order valence-corrected chi connectivity index (χ0v) is 12.1. The van der Waals surface area contributed by atoms with E-state index in [9.17, 15) is 4.79 Å². The highest BCUT2D eigenvalue weighted by Crippen LogP contribution is 2.18. The van der Waals surface area contributed by atoms with E-state index >= 15 is 0 Å². The normalized spacial score (nSPS) is 11.0. The number of fused-ring (bicyclic) bond motifs is 1. The average molecular weight is 279 g/mol. The average Bonchev–Trinajstić information content (AvgIpc) is 2.95. The molecule has 4 heteroatoms. The molecule has 0 spiro atoms. The molecule has 3 rings (SSSR count). The molecule has 0 saturated carbocycles. The molecule has 0 saturated heterocycles. The molecule has 1 heterocycles. The van der Waals surface area contributed by atoms with Crippen LogP contribution in [0.15, 0.2) is 48.7 Å². The van der Waals surface area contributed by atoms with Gasteiger partial charge in [0, 0.05) is 16.6 Å². The molecule has 0 aliphatic rings. The number of hydrogen-bond acceptors (Lipinski definition) is 2. The second-order valence-electron chi connectivity index (χ2n) is 5.40. The van der Waals surface area contributed by atoms with Gasteiger partial charge in [0.15, 0.2) is 0 Å². The van der Waals surface area contributed by atoms with Crippen molar-refractivity contribution in [2.45, 2.75) is 19.8 Å². The van der Waals surface area contributed by atoms with Crippen LogP contribution in [0.1, 0.15) is 35.7 Å². The van der Waals surface area contributed by atoms with Crippen LogP contribution in [-0.2, 0) is 0 Å². The highest BCUT2D eigenvalue weighted by atomic mass is 16.1. The first-order valence-electron chi connectivity index (χ1n) is 6.98. The number of aromatic amines is 1. The maximum Gasteiger partial charge on any atom is 0.255 e. The van der Waals surface area contributed by atoms with Crippen LogP contribution in [-0.4, -0.2) is 16.1 Å². The van der Waals surface area contributed by atoms with Gasteiger partial charge >= 0.3 is 0 Å². The van der Waals surface area contributed by atoms with Gasteiger partial charge in [-0.1, -0.05) is 26.0 Å². The van der Waals surface area contributed by atoms with Crippen molar-refractivity contribution in [1.82, 2.24) is 10.2 Å². The molecule has 0 aliphatic carbocycles. The summed E-state index contributed by atoms with van der Waals surface area (Å²) in [7, 11) is 0. The SMILES string of the molecule is CC(C)c1ccc(C(=O)Nc2ccc3[nH]ncc3c2)cc1. The number of anilines is 1. The van der Waals surface area contributed by atoms with Gasteiger partial charge in [0.1, 0.15) is 0 Å². The van der Waals surface area contributed by atoms with Crippen molar-refractivity contribution in [2.24, 2.45) is 0 Å². The molecule has 3 aromatic rings. The number of carbonyl (C=O) groups excluding carboxylic acids is 1. The molecule has 21 heavy (non-hydrogen) atoms. The number of carbonyl (C=O) groups is 1. The second-order valence-corrected chi connectivity index (χ2v) is 5.40. The fourth-order valence-electron chi connectivity index (χ4n) is 2.24. The lowest BCUT2D eigenvalue weighted by molar-refractivity contribution is 0.102. The quantitative estimate of drug-likeness (QED) is 0.763. The molecular formula is C17H17N3O. The lowest BCUT2D eigenvalue weighted by Crippen LogP contribution is -2.11. The molecule has 0 aliphatic heterocycles. The first-order chi connectivity index (χ1) is 10.1. The molecule has 2 N–H and O–H groups in total. The van der Waals surface area contributed by atoms with Crippen LogP contribution in [0.2, 0.25) is 0 Å². The lowest BCUT2D eigenvalue weighted by Gasteiger charge is -2.08. The number of hydrogen-bond donors (Lipinski definition) is 2. The highest BCUT2D eigenvalue weighted by Gasteiger charge is 2.07. The van der Waals surface area contributed by atoms with E-state index in [1.807, 2.05) is 42.5 Å². The molecule has 0 fully saturated rings. The molecule has 2 aromatic carbocycles. The largest absolute Gasteiger partial charge is 0.322 e. The fraction of sp³-hybridized carbons (Fsp3) is 0.176. The summed E-state index contributed by atoms with van der Waals surface area (Å²) in [4.78, 5) is 12.2. The van der Waals surface area contributed by atoms with Crippen LogP contribution >= 0.6 is 0 Å². The minimum Gasteiger partial charge on any atom is -0.322 e. The first kappa shape index (κ1) is 13.4. The molecule has 0 bridgehead atoms. The Morgan fingerprint density at radius 3 is 2.62 bits per heavy atom. The van der Waals surface area contributed by atoms with E-state index in [-0.39, 0.29) is 5.91 Å². The van der Waals surface area contributed by atoms with Crippen LogP contribution in [0.4, 0.5) is 5.69 Å². The van der Waals surface area contributed by atoms with E-state index < -0.39 is 0 Å². The summed E-state index contributed by atoms with van der Waals surface area (Å²) in [6.07, 6.45) is 1.74. The number of benzene rings is 2. The number of aromatic nitrogens is 2. The van der Waals surface area contributed by atoms with Crippen molar-refractivity contribution in [1.29, 1.82) is 0 Å². The Morgan fingerprint density at radius 2 is 1.90 bits per heavy atom. The van der Waals surface area contributed by atoms with Gasteiger partial charge in [0.2, 0.25) is 0 Å². The van der Waals surface area contributed by atoms with E-state index in [2.05, 4.69) is 29.4 Å². The van der Waals surface area contributed by atoms with E-state index in [0.717, 1.165) is 16.6 Å². The molecule has 0 atom stereocenters. The monoisotopic (exact) mass is 279 g/mol. The third-order valence-corrected chi connectivity index (χ3v) is 3.54. The summed E-state index contributed by atoms with van der Waals surface area (Å²) in [6, 6.07) is 13.4. The van der Waals surface area contributed by atoms with Crippen LogP contribution < -0.4 is 5.32 Å². The summed E-state index contributed by atoms with van der Waals surface area (Å²) in [5.41, 5.74) is 3.61. The summed E-state index contributed by atoms with van der Waals surface area (Å²) in [5.74, 6) is 0.360. The van der Waals surface area contributed by atoms with Gasteiger partial charge in [0.05, 0.1) is 11.7 Å². The van der Waals surface area contributed by atoms with Gasteiger partial charge in [-0.05, 0) is 41.8 Å². The first-order valence-corrected chi connectivity index (χ1v) is 6.98. The predicted molar refractivity (Wildman–Crippen MR) is 84.6 cm³/mol. The molecular weight excluding hydrogens is 262 g/mol. The van der Waals surface area contributed by atoms with Gasteiger partial charge in [-0.3, -0.25) is 9.89 Å². The molecule has 0 unspecified atom stereocenters. The summed E-state index contributed by atoms with van der Waals surface area (Å²) in [6.45, 7) is 4.27. The van der Waals surface area contributed by atoms with Crippen molar-refractivity contribution >= 4 is 22.5 Å². The van der Waals surface area contributed by atoms with Gasteiger partial charge in [-0.2, -0.15) is 5.10 Å². The number of rotatable bonds is 3. The van der Waals surface area contributed by atoms with Crippen molar-refractivity contribution in [2.75, 3.05) is 5.32 Å². The Labute approximate surface area is 123 Å². The zero-order valence-electron chi connectivity index (χ0n) is 12.1. The minimum absolute atomic E-state index is 0.104. The Balaban J connectivity index is 1.78. The van der Waals surface area contributed by atoms with E-state index in [1.54, 1.807) is 6.20 Å². The Hall–Kier alpha value is -2.62. The van der Waals surface area contributed by atoms with Crippen LogP contribution in [0.5, 0.6) is 0 Å². The van der Waals surface area contributed by atoms with Crippen molar-refractivity contribution in [3.63, 3.8) is 0 Å². The molecule has 1 amide bonds. The van der Waals surface area contributed by atoms with Crippen LogP contribution in [0.3, 0.4) is 0 Å². The minimum atomic E-state index is -0.104. The second kappa shape index (κ2) is 5.40. The Kier molecular flexibility index (Phi) is 3.44. The van der Waals surface area contributed by atoms with Gasteiger partial charge < -0.3 is 5.32 Å². The van der Waals surface area contributed by atoms with E-state index in [0.29, 0.717) is 11.5 Å². The van der Waals surface area contributed by atoms with Crippen molar-refractivity contribution in [3.05, 3.63) is 59.8 Å². The summed E-state index contributed by atoms with van der Waals surface area (Å²) >= 11 is 0. The number of nitrogens with zero attached hydrogens (tertiary/aromatic N) is 1. The molecule has 0 radical (unpaired) electrons. The molecule has 106 valence electrons. The third-order valence-electron chi connectivity index (χ3n) is 3.54. The topological polar surface area (TPSA) is 57.8 Å². The van der Waals surface area contributed by atoms with Gasteiger partial charge in [-0.15, -0.1) is 0 Å². The zero-order chi connectivity index (χ0) is 14.8. The van der Waals surface area contributed by atoms with Crippen LogP contribution in [0, 0.1) is 0 Å². The van der Waals surface area contributed by atoms with E-state index in [1.165, 1.54) is 5.56 Å². The van der Waals surface area contributed by atoms with Gasteiger partial charge in [0.25, 0.3) is 5.91 Å². The fourth-order valence-corrected chi connectivity index (χ4v) is 2.24. The highest BCUT2D eigenvalue weighted by molar-refractivity contribution is 6.05. The van der Waals surface area contributed by atoms with E-state index in [4.69, 9.17) is 0 Å². The predicted octanol–water partition coefficient (Wildman–Crippen LogP) is 3.94. The Bertz CT molecular complexity index is 772. The molecule has 4 nitrogen and oxygen atoms in total. The van der Waals surface area contributed by atoms with Gasteiger partial charge in [-0.25, -0.2) is 0 Å². The Morgan fingerprint density at radius 1 is 1.14 bits per heavy atom. The maximum absolute atomic E-state index is 12.2.